The van der Waals surface area contributed by atoms with E-state index in [1.54, 1.807) is 7.11 Å². The third-order valence-corrected chi connectivity index (χ3v) is 3.54. The summed E-state index contributed by atoms with van der Waals surface area (Å²) in [7, 11) is 1.62. The minimum Gasteiger partial charge on any atom is -0.495 e. The van der Waals surface area contributed by atoms with E-state index >= 15 is 0 Å². The van der Waals surface area contributed by atoms with Gasteiger partial charge in [0, 0.05) is 5.69 Å². The molecule has 2 rings (SSSR count). The lowest BCUT2D eigenvalue weighted by atomic mass is 10.1. The highest BCUT2D eigenvalue weighted by atomic mass is 16.5. The molecule has 0 spiro atoms. The van der Waals surface area contributed by atoms with Gasteiger partial charge < -0.3 is 15.4 Å². The number of nitrogens with one attached hydrogen (secondary N) is 2. The molecule has 0 heterocycles. The molecule has 0 saturated carbocycles. The van der Waals surface area contributed by atoms with Gasteiger partial charge >= 0.3 is 0 Å². The Morgan fingerprint density at radius 3 is 2.41 bits per heavy atom. The van der Waals surface area contributed by atoms with Crippen molar-refractivity contribution in [3.8, 4) is 5.75 Å². The molecule has 2 aromatic carbocycles. The number of anilines is 2. The van der Waals surface area contributed by atoms with Gasteiger partial charge in [0.25, 0.3) is 0 Å². The molecule has 0 aliphatic carbocycles. The number of hydrogen-bond donors (Lipinski definition) is 2. The molecular weight excluding hydrogens is 276 g/mol. The van der Waals surface area contributed by atoms with Crippen LogP contribution < -0.4 is 15.4 Å². The van der Waals surface area contributed by atoms with Gasteiger partial charge in [-0.05, 0) is 49.6 Å². The largest absolute Gasteiger partial charge is 0.495 e. The van der Waals surface area contributed by atoms with E-state index in [1.807, 2.05) is 57.2 Å². The summed E-state index contributed by atoms with van der Waals surface area (Å²) in [6.07, 6.45) is 0. The fourth-order valence-electron chi connectivity index (χ4n) is 2.33. The Labute approximate surface area is 131 Å². The Morgan fingerprint density at radius 1 is 1.09 bits per heavy atom. The topological polar surface area (TPSA) is 50.4 Å². The van der Waals surface area contributed by atoms with Crippen molar-refractivity contribution in [2.24, 2.45) is 0 Å². The molecule has 0 radical (unpaired) electrons. The Bertz CT molecular complexity index is 661. The predicted octanol–water partition coefficient (Wildman–Crippen LogP) is 3.67. The van der Waals surface area contributed by atoms with Gasteiger partial charge in [0.15, 0.2) is 0 Å². The van der Waals surface area contributed by atoms with Gasteiger partial charge in [0.1, 0.15) is 5.75 Å². The zero-order valence-corrected chi connectivity index (χ0v) is 13.5. The van der Waals surface area contributed by atoms with Gasteiger partial charge in [-0.15, -0.1) is 0 Å². The van der Waals surface area contributed by atoms with Crippen molar-refractivity contribution >= 4 is 17.3 Å². The van der Waals surface area contributed by atoms with E-state index in [2.05, 4.69) is 10.6 Å². The smallest absolute Gasteiger partial charge is 0.243 e. The molecular formula is C18H22N2O2. The molecule has 0 bridgehead atoms. The van der Waals surface area contributed by atoms with Crippen LogP contribution in [0.25, 0.3) is 0 Å². The summed E-state index contributed by atoms with van der Waals surface area (Å²) >= 11 is 0. The SMILES string of the molecule is COc1ccc(C)cc1NCC(=O)Nc1c(C)cccc1C. The average Bonchev–Trinajstić information content (AvgIpc) is 2.49. The summed E-state index contributed by atoms with van der Waals surface area (Å²) in [6.45, 7) is 6.16. The molecule has 0 aromatic heterocycles. The van der Waals surface area contributed by atoms with E-state index in [0.717, 1.165) is 33.8 Å². The third kappa shape index (κ3) is 3.79. The molecule has 2 aromatic rings. The zero-order chi connectivity index (χ0) is 16.1. The number of aryl methyl sites for hydroxylation is 3. The Hall–Kier alpha value is -2.49. The molecule has 1 amide bonds. The fraction of sp³-hybridized carbons (Fsp3) is 0.278. The van der Waals surface area contributed by atoms with Gasteiger partial charge in [-0.3, -0.25) is 4.79 Å². The maximum absolute atomic E-state index is 12.2. The molecule has 0 aliphatic heterocycles. The van der Waals surface area contributed by atoms with Crippen LogP contribution in [0.1, 0.15) is 16.7 Å². The first kappa shape index (κ1) is 15.9. The van der Waals surface area contributed by atoms with Crippen molar-refractivity contribution in [1.82, 2.24) is 0 Å². The second kappa shape index (κ2) is 6.98. The van der Waals surface area contributed by atoms with Crippen molar-refractivity contribution in [3.05, 3.63) is 53.1 Å². The van der Waals surface area contributed by atoms with Gasteiger partial charge in [-0.2, -0.15) is 0 Å². The Morgan fingerprint density at radius 2 is 1.77 bits per heavy atom. The maximum atomic E-state index is 12.2. The first-order chi connectivity index (χ1) is 10.5. The standard InChI is InChI=1S/C18H22N2O2/c1-12-8-9-16(22-4)15(10-12)19-11-17(21)20-18-13(2)6-5-7-14(18)3/h5-10,19H,11H2,1-4H3,(H,20,21). The number of amides is 1. The monoisotopic (exact) mass is 298 g/mol. The highest BCUT2D eigenvalue weighted by molar-refractivity contribution is 5.95. The maximum Gasteiger partial charge on any atom is 0.243 e. The molecule has 0 unspecified atom stereocenters. The van der Waals surface area contributed by atoms with Crippen LogP contribution in [0, 0.1) is 20.8 Å². The first-order valence-electron chi connectivity index (χ1n) is 7.26. The molecule has 4 nitrogen and oxygen atoms in total. The van der Waals surface area contributed by atoms with E-state index < -0.39 is 0 Å². The fourth-order valence-corrected chi connectivity index (χ4v) is 2.33. The highest BCUT2D eigenvalue weighted by Gasteiger charge is 2.09. The van der Waals surface area contributed by atoms with Gasteiger partial charge in [-0.1, -0.05) is 24.3 Å². The predicted molar refractivity (Wildman–Crippen MR) is 90.8 cm³/mol. The Balaban J connectivity index is 2.03. The summed E-state index contributed by atoms with van der Waals surface area (Å²) in [6, 6.07) is 11.8. The van der Waals surface area contributed by atoms with E-state index in [4.69, 9.17) is 4.74 Å². The molecule has 0 saturated heterocycles. The third-order valence-electron chi connectivity index (χ3n) is 3.54. The second-order valence-corrected chi connectivity index (χ2v) is 5.37. The molecule has 0 aliphatic rings. The van der Waals surface area contributed by atoms with E-state index in [1.165, 1.54) is 0 Å². The average molecular weight is 298 g/mol. The molecule has 0 fully saturated rings. The number of methoxy groups -OCH3 is 1. The van der Waals surface area contributed by atoms with E-state index in [0.29, 0.717) is 0 Å². The summed E-state index contributed by atoms with van der Waals surface area (Å²) in [5, 5.41) is 6.09. The minimum absolute atomic E-state index is 0.0824. The summed E-state index contributed by atoms with van der Waals surface area (Å²) < 4.78 is 5.29. The number of ether oxygens (including phenoxy) is 1. The summed E-state index contributed by atoms with van der Waals surface area (Å²) in [5.41, 5.74) is 4.92. The lowest BCUT2D eigenvalue weighted by Crippen LogP contribution is -2.22. The van der Waals surface area contributed by atoms with Crippen LogP contribution in [-0.4, -0.2) is 19.6 Å². The van der Waals surface area contributed by atoms with Crippen molar-refractivity contribution in [2.75, 3.05) is 24.3 Å². The quantitative estimate of drug-likeness (QED) is 0.885. The van der Waals surface area contributed by atoms with Crippen molar-refractivity contribution in [1.29, 1.82) is 0 Å². The second-order valence-electron chi connectivity index (χ2n) is 5.37. The van der Waals surface area contributed by atoms with Gasteiger partial charge in [0.2, 0.25) is 5.91 Å². The van der Waals surface area contributed by atoms with Crippen LogP contribution in [-0.2, 0) is 4.79 Å². The highest BCUT2D eigenvalue weighted by Crippen LogP contribution is 2.25. The van der Waals surface area contributed by atoms with Crippen LogP contribution in [0.3, 0.4) is 0 Å². The van der Waals surface area contributed by atoms with Crippen LogP contribution in [0.2, 0.25) is 0 Å². The summed E-state index contributed by atoms with van der Waals surface area (Å²) in [4.78, 5) is 12.2. The van der Waals surface area contributed by atoms with E-state index in [-0.39, 0.29) is 12.5 Å². The number of rotatable bonds is 5. The van der Waals surface area contributed by atoms with Gasteiger partial charge in [-0.25, -0.2) is 0 Å². The van der Waals surface area contributed by atoms with Crippen molar-refractivity contribution in [2.45, 2.75) is 20.8 Å². The number of carbonyl (C=O) groups is 1. The molecule has 22 heavy (non-hydrogen) atoms. The first-order valence-corrected chi connectivity index (χ1v) is 7.26. The number of hydrogen-bond acceptors (Lipinski definition) is 3. The van der Waals surface area contributed by atoms with Crippen LogP contribution in [0.15, 0.2) is 36.4 Å². The van der Waals surface area contributed by atoms with Crippen molar-refractivity contribution < 1.29 is 9.53 Å². The van der Waals surface area contributed by atoms with Crippen LogP contribution >= 0.6 is 0 Å². The van der Waals surface area contributed by atoms with E-state index in [9.17, 15) is 4.79 Å². The number of para-hydroxylation sites is 1. The zero-order valence-electron chi connectivity index (χ0n) is 13.5. The van der Waals surface area contributed by atoms with Gasteiger partial charge in [0.05, 0.1) is 19.3 Å². The normalized spacial score (nSPS) is 10.2. The van der Waals surface area contributed by atoms with Crippen LogP contribution in [0.5, 0.6) is 5.75 Å². The lowest BCUT2D eigenvalue weighted by molar-refractivity contribution is -0.114. The summed E-state index contributed by atoms with van der Waals surface area (Å²) in [5.74, 6) is 0.645. The lowest BCUT2D eigenvalue weighted by Gasteiger charge is -2.14. The van der Waals surface area contributed by atoms with Crippen LogP contribution in [0.4, 0.5) is 11.4 Å². The van der Waals surface area contributed by atoms with Crippen molar-refractivity contribution in [3.63, 3.8) is 0 Å². The molecule has 2 N–H and O–H groups in total. The number of benzene rings is 2. The minimum atomic E-state index is -0.0824. The molecule has 0 atom stereocenters. The Kier molecular flexibility index (Phi) is 5.04. The number of carbonyl (C=O) groups excluding carboxylic acids is 1. The molecule has 4 heteroatoms. The molecule has 116 valence electrons.